The van der Waals surface area contributed by atoms with E-state index in [1.54, 1.807) is 12.1 Å². The van der Waals surface area contributed by atoms with Crippen molar-refractivity contribution in [2.24, 2.45) is 0 Å². The second-order valence-electron chi connectivity index (χ2n) is 5.48. The molecule has 22 heavy (non-hydrogen) atoms. The fourth-order valence-corrected chi connectivity index (χ4v) is 3.93. The van der Waals surface area contributed by atoms with E-state index in [1.165, 1.54) is 16.1 Å². The minimum atomic E-state index is -3.39. The fraction of sp³-hybridized carbons (Fsp3) is 0.312. The normalized spacial score (nSPS) is 15.9. The van der Waals surface area contributed by atoms with Gasteiger partial charge in [-0.2, -0.15) is 4.31 Å². The molecule has 2 aromatic rings. The van der Waals surface area contributed by atoms with Crippen LogP contribution in [-0.4, -0.2) is 30.8 Å². The van der Waals surface area contributed by atoms with Crippen LogP contribution < -0.4 is 5.32 Å². The number of hydrogen-bond acceptors (Lipinski definition) is 4. The number of hydrogen-bond donors (Lipinski definition) is 1. The zero-order valence-corrected chi connectivity index (χ0v) is 13.3. The van der Waals surface area contributed by atoms with Crippen LogP contribution in [0.15, 0.2) is 47.5 Å². The Morgan fingerprint density at radius 3 is 2.32 bits per heavy atom. The number of aryl methyl sites for hydroxylation is 1. The lowest BCUT2D eigenvalue weighted by Gasteiger charge is -2.15. The van der Waals surface area contributed by atoms with E-state index >= 15 is 0 Å². The fourth-order valence-electron chi connectivity index (χ4n) is 2.47. The van der Waals surface area contributed by atoms with E-state index in [0.29, 0.717) is 18.9 Å². The van der Waals surface area contributed by atoms with Crippen LogP contribution in [-0.2, 0) is 10.0 Å². The van der Waals surface area contributed by atoms with Crippen molar-refractivity contribution < 1.29 is 8.42 Å². The number of rotatable bonds is 4. The summed E-state index contributed by atoms with van der Waals surface area (Å²) < 4.78 is 26.3. The Hall–Kier alpha value is -1.92. The number of anilines is 2. The monoisotopic (exact) mass is 317 g/mol. The van der Waals surface area contributed by atoms with Crippen LogP contribution in [0.1, 0.15) is 18.4 Å². The summed E-state index contributed by atoms with van der Waals surface area (Å²) in [6.45, 7) is 3.23. The molecule has 0 aliphatic carbocycles. The molecule has 6 heteroatoms. The van der Waals surface area contributed by atoms with Crippen molar-refractivity contribution in [2.75, 3.05) is 18.4 Å². The zero-order chi connectivity index (χ0) is 15.6. The average molecular weight is 317 g/mol. The smallest absolute Gasteiger partial charge is 0.244 e. The van der Waals surface area contributed by atoms with Gasteiger partial charge in [0.05, 0.1) is 0 Å². The molecule has 1 aliphatic rings. The topological polar surface area (TPSA) is 62.3 Å². The van der Waals surface area contributed by atoms with E-state index in [-0.39, 0.29) is 4.90 Å². The summed E-state index contributed by atoms with van der Waals surface area (Å²) >= 11 is 0. The minimum absolute atomic E-state index is 0.254. The van der Waals surface area contributed by atoms with Crippen LogP contribution in [0.25, 0.3) is 0 Å². The molecule has 0 spiro atoms. The Balaban J connectivity index is 1.76. The molecule has 116 valence electrons. The van der Waals surface area contributed by atoms with Crippen LogP contribution in [0.3, 0.4) is 0 Å². The lowest BCUT2D eigenvalue weighted by molar-refractivity contribution is 0.477. The van der Waals surface area contributed by atoms with Crippen LogP contribution in [0.4, 0.5) is 11.5 Å². The molecule has 3 rings (SSSR count). The summed E-state index contributed by atoms with van der Waals surface area (Å²) in [7, 11) is -3.39. The lowest BCUT2D eigenvalue weighted by Crippen LogP contribution is -2.27. The van der Waals surface area contributed by atoms with Gasteiger partial charge in [-0.15, -0.1) is 0 Å². The molecule has 1 N–H and O–H groups in total. The molecule has 2 heterocycles. The molecule has 1 saturated heterocycles. The van der Waals surface area contributed by atoms with Gasteiger partial charge in [0, 0.05) is 25.0 Å². The van der Waals surface area contributed by atoms with Crippen molar-refractivity contribution in [1.29, 1.82) is 0 Å². The number of nitrogens with zero attached hydrogens (tertiary/aromatic N) is 2. The summed E-state index contributed by atoms with van der Waals surface area (Å²) in [5, 5.41) is 3.16. The Morgan fingerprint density at radius 1 is 1.05 bits per heavy atom. The van der Waals surface area contributed by atoms with Gasteiger partial charge in [0.2, 0.25) is 10.0 Å². The summed E-state index contributed by atoms with van der Waals surface area (Å²) in [6.07, 6.45) is 3.28. The second kappa shape index (κ2) is 6.06. The first-order chi connectivity index (χ1) is 10.6. The van der Waals surface area contributed by atoms with Crippen molar-refractivity contribution in [1.82, 2.24) is 9.29 Å². The van der Waals surface area contributed by atoms with E-state index in [0.717, 1.165) is 18.5 Å². The number of pyridine rings is 1. The van der Waals surface area contributed by atoms with Crippen molar-refractivity contribution in [3.05, 3.63) is 48.2 Å². The standard InChI is InChI=1S/C16H19N3O2S/c1-13-4-6-14(7-5-13)18-16-9-8-15(12-17-16)22(20,21)19-10-2-3-11-19/h4-9,12H,2-3,10-11H2,1H3,(H,17,18). The van der Waals surface area contributed by atoms with Gasteiger partial charge in [0.15, 0.2) is 0 Å². The van der Waals surface area contributed by atoms with E-state index in [9.17, 15) is 8.42 Å². The molecule has 1 aromatic heterocycles. The van der Waals surface area contributed by atoms with E-state index in [4.69, 9.17) is 0 Å². The first-order valence-corrected chi connectivity index (χ1v) is 8.80. The highest BCUT2D eigenvalue weighted by molar-refractivity contribution is 7.89. The Bertz CT molecular complexity index is 734. The maximum absolute atomic E-state index is 12.4. The molecule has 0 atom stereocenters. The van der Waals surface area contributed by atoms with Gasteiger partial charge in [0.1, 0.15) is 10.7 Å². The minimum Gasteiger partial charge on any atom is -0.340 e. The third-order valence-corrected chi connectivity index (χ3v) is 5.65. The number of aromatic nitrogens is 1. The first-order valence-electron chi connectivity index (χ1n) is 7.36. The SMILES string of the molecule is Cc1ccc(Nc2ccc(S(=O)(=O)N3CCCC3)cn2)cc1. The van der Waals surface area contributed by atoms with Crippen LogP contribution in [0.2, 0.25) is 0 Å². The molecular weight excluding hydrogens is 298 g/mol. The highest BCUT2D eigenvalue weighted by atomic mass is 32.2. The van der Waals surface area contributed by atoms with Gasteiger partial charge in [-0.3, -0.25) is 0 Å². The Kier molecular flexibility index (Phi) is 4.13. The van der Waals surface area contributed by atoms with Crippen LogP contribution >= 0.6 is 0 Å². The number of benzene rings is 1. The molecule has 0 bridgehead atoms. The van der Waals surface area contributed by atoms with Gasteiger partial charge in [-0.25, -0.2) is 13.4 Å². The third-order valence-electron chi connectivity index (χ3n) is 3.76. The number of sulfonamides is 1. The predicted molar refractivity (Wildman–Crippen MR) is 86.7 cm³/mol. The van der Waals surface area contributed by atoms with Crippen molar-refractivity contribution in [3.8, 4) is 0 Å². The third kappa shape index (κ3) is 3.13. The molecule has 1 aromatic carbocycles. The van der Waals surface area contributed by atoms with Crippen molar-refractivity contribution in [3.63, 3.8) is 0 Å². The van der Waals surface area contributed by atoms with Gasteiger partial charge in [-0.05, 0) is 44.0 Å². The predicted octanol–water partition coefficient (Wildman–Crippen LogP) is 2.92. The maximum atomic E-state index is 12.4. The molecule has 0 amide bonds. The maximum Gasteiger partial charge on any atom is 0.244 e. The van der Waals surface area contributed by atoms with Gasteiger partial charge in [-0.1, -0.05) is 17.7 Å². The van der Waals surface area contributed by atoms with Gasteiger partial charge in [0.25, 0.3) is 0 Å². The summed E-state index contributed by atoms with van der Waals surface area (Å²) in [5.41, 5.74) is 2.11. The van der Waals surface area contributed by atoms with E-state index in [1.807, 2.05) is 31.2 Å². The highest BCUT2D eigenvalue weighted by Gasteiger charge is 2.27. The molecule has 1 fully saturated rings. The van der Waals surface area contributed by atoms with Crippen LogP contribution in [0, 0.1) is 6.92 Å². The molecule has 0 saturated carbocycles. The quantitative estimate of drug-likeness (QED) is 0.942. The van der Waals surface area contributed by atoms with Crippen LogP contribution in [0.5, 0.6) is 0 Å². The second-order valence-corrected chi connectivity index (χ2v) is 7.42. The molecule has 0 radical (unpaired) electrons. The summed E-state index contributed by atoms with van der Waals surface area (Å²) in [4.78, 5) is 4.47. The Morgan fingerprint density at radius 2 is 1.73 bits per heavy atom. The van der Waals surface area contributed by atoms with Gasteiger partial charge >= 0.3 is 0 Å². The number of nitrogens with one attached hydrogen (secondary N) is 1. The molecule has 0 unspecified atom stereocenters. The first kappa shape index (κ1) is 15.0. The lowest BCUT2D eigenvalue weighted by atomic mass is 10.2. The highest BCUT2D eigenvalue weighted by Crippen LogP contribution is 2.22. The van der Waals surface area contributed by atoms with E-state index < -0.39 is 10.0 Å². The zero-order valence-electron chi connectivity index (χ0n) is 12.5. The average Bonchev–Trinajstić information content (AvgIpc) is 3.05. The molecular formula is C16H19N3O2S. The summed E-state index contributed by atoms with van der Waals surface area (Å²) in [5.74, 6) is 0.629. The van der Waals surface area contributed by atoms with Crippen molar-refractivity contribution in [2.45, 2.75) is 24.7 Å². The molecule has 1 aliphatic heterocycles. The summed E-state index contributed by atoms with van der Waals surface area (Å²) in [6, 6.07) is 11.3. The molecule has 5 nitrogen and oxygen atoms in total. The van der Waals surface area contributed by atoms with Crippen molar-refractivity contribution >= 4 is 21.5 Å². The largest absolute Gasteiger partial charge is 0.340 e. The Labute approximate surface area is 131 Å². The van der Waals surface area contributed by atoms with Gasteiger partial charge < -0.3 is 5.32 Å². The van der Waals surface area contributed by atoms with E-state index in [2.05, 4.69) is 10.3 Å².